The minimum Gasteiger partial charge on any atom is -0.356 e. The van der Waals surface area contributed by atoms with E-state index in [1.54, 1.807) is 11.8 Å². The molecule has 3 aromatic carbocycles. The van der Waals surface area contributed by atoms with Gasteiger partial charge in [0.1, 0.15) is 12.1 Å². The molecule has 0 saturated heterocycles. The van der Waals surface area contributed by atoms with Crippen LogP contribution in [-0.2, 0) is 22.6 Å². The Morgan fingerprint density at radius 3 is 2.57 bits per heavy atom. The summed E-state index contributed by atoms with van der Waals surface area (Å²) in [4.78, 5) is 45.1. The fourth-order valence-electron chi connectivity index (χ4n) is 5.56. The van der Waals surface area contributed by atoms with Gasteiger partial charge in [0.2, 0.25) is 11.8 Å². The van der Waals surface area contributed by atoms with Gasteiger partial charge in [-0.3, -0.25) is 14.4 Å². The molecule has 0 spiro atoms. The lowest BCUT2D eigenvalue weighted by Gasteiger charge is -2.37. The molecule has 3 atom stereocenters. The number of aryl methyl sites for hydroxylation is 1. The molecule has 37 heavy (non-hydrogen) atoms. The second kappa shape index (κ2) is 8.92. The summed E-state index contributed by atoms with van der Waals surface area (Å²) in [6, 6.07) is 21.6. The highest BCUT2D eigenvalue weighted by atomic mass is 16.2. The molecule has 3 amide bonds. The number of carbonyl (C=O) groups excluding carboxylic acids is 3. The Kier molecular flexibility index (Phi) is 5.56. The summed E-state index contributed by atoms with van der Waals surface area (Å²) in [5.74, 6) is -0.772. The largest absolute Gasteiger partial charge is 0.356 e. The molecule has 186 valence electrons. The summed E-state index contributed by atoms with van der Waals surface area (Å²) in [7, 11) is 0. The highest BCUT2D eigenvalue weighted by Gasteiger charge is 2.49. The van der Waals surface area contributed by atoms with Crippen molar-refractivity contribution < 1.29 is 14.4 Å². The topological polar surface area (TPSA) is 94.3 Å². The van der Waals surface area contributed by atoms with Crippen LogP contribution >= 0.6 is 0 Å². The average Bonchev–Trinajstić information content (AvgIpc) is 3.43. The molecule has 2 aliphatic rings. The molecular weight excluding hydrogens is 464 g/mol. The Bertz CT molecular complexity index is 1540. The Morgan fingerprint density at radius 2 is 1.76 bits per heavy atom. The van der Waals surface area contributed by atoms with E-state index in [9.17, 15) is 14.4 Å². The number of aromatic amines is 1. The number of carbonyl (C=O) groups is 3. The van der Waals surface area contributed by atoms with E-state index in [-0.39, 0.29) is 23.8 Å². The minimum atomic E-state index is -0.749. The first-order valence-corrected chi connectivity index (χ1v) is 12.6. The monoisotopic (exact) mass is 492 g/mol. The average molecular weight is 493 g/mol. The van der Waals surface area contributed by atoms with Gasteiger partial charge in [0.25, 0.3) is 5.91 Å². The van der Waals surface area contributed by atoms with Gasteiger partial charge in [0, 0.05) is 35.1 Å². The van der Waals surface area contributed by atoms with Gasteiger partial charge in [0.15, 0.2) is 0 Å². The number of amides is 3. The molecule has 4 aromatic rings. The van der Waals surface area contributed by atoms with E-state index < -0.39 is 12.1 Å². The van der Waals surface area contributed by atoms with Crippen LogP contribution in [0.5, 0.6) is 0 Å². The number of H-pyrrole nitrogens is 1. The lowest BCUT2D eigenvalue weighted by Crippen LogP contribution is -2.55. The van der Waals surface area contributed by atoms with E-state index in [0.29, 0.717) is 18.5 Å². The predicted octanol–water partition coefficient (Wildman–Crippen LogP) is 3.77. The summed E-state index contributed by atoms with van der Waals surface area (Å²) in [6.45, 7) is 4.06. The minimum absolute atomic E-state index is 0.165. The first-order valence-electron chi connectivity index (χ1n) is 12.6. The van der Waals surface area contributed by atoms with Crippen LogP contribution in [0.3, 0.4) is 0 Å². The molecule has 0 fully saturated rings. The number of hydrogen-bond donors (Lipinski definition) is 3. The molecule has 7 nitrogen and oxygen atoms in total. The van der Waals surface area contributed by atoms with Crippen molar-refractivity contribution in [3.63, 3.8) is 0 Å². The second-order valence-electron chi connectivity index (χ2n) is 9.92. The van der Waals surface area contributed by atoms with E-state index in [1.165, 1.54) is 0 Å². The first-order chi connectivity index (χ1) is 17.9. The SMILES string of the molecule is Cc1ccc(CNC(=O)[C@H](C)NC(=O)[C@@H]2Cc3c([nH]c4ccccc34)C3c4ccccc4C(=O)N32)cc1. The van der Waals surface area contributed by atoms with Gasteiger partial charge in [-0.1, -0.05) is 66.2 Å². The molecule has 1 unspecified atom stereocenters. The lowest BCUT2D eigenvalue weighted by atomic mass is 9.90. The lowest BCUT2D eigenvalue weighted by molar-refractivity contribution is -0.131. The van der Waals surface area contributed by atoms with Crippen molar-refractivity contribution in [3.8, 4) is 0 Å². The fraction of sp³-hybridized carbons (Fsp3) is 0.233. The van der Waals surface area contributed by atoms with E-state index in [2.05, 4.69) is 15.6 Å². The smallest absolute Gasteiger partial charge is 0.255 e. The summed E-state index contributed by atoms with van der Waals surface area (Å²) in [6.07, 6.45) is 0.374. The van der Waals surface area contributed by atoms with E-state index in [4.69, 9.17) is 0 Å². The van der Waals surface area contributed by atoms with Crippen molar-refractivity contribution >= 4 is 28.6 Å². The van der Waals surface area contributed by atoms with Crippen LogP contribution in [0.25, 0.3) is 10.9 Å². The van der Waals surface area contributed by atoms with Crippen LogP contribution in [0, 0.1) is 6.92 Å². The Balaban J connectivity index is 1.26. The van der Waals surface area contributed by atoms with Crippen LogP contribution in [0.15, 0.2) is 72.8 Å². The van der Waals surface area contributed by atoms with Gasteiger partial charge in [0.05, 0.1) is 6.04 Å². The number of nitrogens with zero attached hydrogens (tertiary/aromatic N) is 1. The molecule has 0 saturated carbocycles. The molecule has 3 heterocycles. The molecule has 0 bridgehead atoms. The number of benzene rings is 3. The Morgan fingerprint density at radius 1 is 1.03 bits per heavy atom. The van der Waals surface area contributed by atoms with Crippen LogP contribution in [0.4, 0.5) is 0 Å². The van der Waals surface area contributed by atoms with Gasteiger partial charge in [-0.15, -0.1) is 0 Å². The highest BCUT2D eigenvalue weighted by molar-refractivity contribution is 6.04. The fourth-order valence-corrected chi connectivity index (χ4v) is 5.56. The zero-order valence-electron chi connectivity index (χ0n) is 20.7. The zero-order valence-corrected chi connectivity index (χ0v) is 20.7. The highest BCUT2D eigenvalue weighted by Crippen LogP contribution is 2.46. The van der Waals surface area contributed by atoms with Crippen LogP contribution < -0.4 is 10.6 Å². The molecule has 2 aliphatic heterocycles. The maximum absolute atomic E-state index is 13.6. The molecule has 7 heteroatoms. The van der Waals surface area contributed by atoms with Gasteiger partial charge in [-0.2, -0.15) is 0 Å². The second-order valence-corrected chi connectivity index (χ2v) is 9.92. The van der Waals surface area contributed by atoms with Gasteiger partial charge < -0.3 is 20.5 Å². The molecule has 6 rings (SSSR count). The van der Waals surface area contributed by atoms with Crippen molar-refractivity contribution in [1.82, 2.24) is 20.5 Å². The van der Waals surface area contributed by atoms with Crippen molar-refractivity contribution in [2.24, 2.45) is 0 Å². The van der Waals surface area contributed by atoms with Crippen molar-refractivity contribution in [1.29, 1.82) is 0 Å². The van der Waals surface area contributed by atoms with E-state index in [0.717, 1.165) is 38.9 Å². The third kappa shape index (κ3) is 3.87. The predicted molar refractivity (Wildman–Crippen MR) is 141 cm³/mol. The molecule has 1 aromatic heterocycles. The number of fused-ring (bicyclic) bond motifs is 7. The Hall–Kier alpha value is -4.39. The number of aromatic nitrogens is 1. The molecular formula is C30H28N4O3. The normalized spacial score (nSPS) is 18.6. The third-order valence-corrected chi connectivity index (χ3v) is 7.49. The summed E-state index contributed by atoms with van der Waals surface area (Å²) < 4.78 is 0. The van der Waals surface area contributed by atoms with E-state index >= 15 is 0 Å². The van der Waals surface area contributed by atoms with Crippen LogP contribution in [0.1, 0.15) is 51.3 Å². The maximum Gasteiger partial charge on any atom is 0.255 e. The maximum atomic E-state index is 13.6. The van der Waals surface area contributed by atoms with Gasteiger partial charge in [-0.05, 0) is 42.7 Å². The standard InChI is InChI=1S/C30H28N4O3/c1-17-11-13-19(14-12-17)16-31-28(35)18(2)32-29(36)25-15-23-20-7-5-6-10-24(20)33-26(23)27-21-8-3-4-9-22(21)30(37)34(25)27/h3-14,18,25,27,33H,15-16H2,1-2H3,(H,31,35)(H,32,36)/t18-,25-,27?/m0/s1. The number of hydrogen-bond acceptors (Lipinski definition) is 3. The number of rotatable bonds is 5. The van der Waals surface area contributed by atoms with Crippen molar-refractivity contribution in [2.45, 2.75) is 44.9 Å². The third-order valence-electron chi connectivity index (χ3n) is 7.49. The summed E-state index contributed by atoms with van der Waals surface area (Å²) in [5, 5.41) is 6.81. The molecule has 0 radical (unpaired) electrons. The number of nitrogens with one attached hydrogen (secondary N) is 3. The number of para-hydroxylation sites is 1. The first kappa shape index (κ1) is 23.0. The van der Waals surface area contributed by atoms with Crippen LogP contribution in [-0.4, -0.2) is 39.7 Å². The van der Waals surface area contributed by atoms with Gasteiger partial charge >= 0.3 is 0 Å². The zero-order chi connectivity index (χ0) is 25.7. The van der Waals surface area contributed by atoms with Crippen molar-refractivity contribution in [3.05, 3.63) is 106 Å². The van der Waals surface area contributed by atoms with Gasteiger partial charge in [-0.25, -0.2) is 0 Å². The molecule has 3 N–H and O–H groups in total. The summed E-state index contributed by atoms with van der Waals surface area (Å²) in [5.41, 5.74) is 6.61. The van der Waals surface area contributed by atoms with Crippen LogP contribution in [0.2, 0.25) is 0 Å². The van der Waals surface area contributed by atoms with Crippen molar-refractivity contribution in [2.75, 3.05) is 0 Å². The summed E-state index contributed by atoms with van der Waals surface area (Å²) >= 11 is 0. The van der Waals surface area contributed by atoms with E-state index in [1.807, 2.05) is 79.7 Å². The Labute approximate surface area is 214 Å². The quantitative estimate of drug-likeness (QED) is 0.396. The molecule has 0 aliphatic carbocycles.